The second-order valence-corrected chi connectivity index (χ2v) is 90.4. The summed E-state index contributed by atoms with van der Waals surface area (Å²) in [7, 11) is -4.94. The maximum absolute atomic E-state index is 2.61. The van der Waals surface area contributed by atoms with Gasteiger partial charge in [0.2, 0.25) is 0 Å². The zero-order valence-electron chi connectivity index (χ0n) is 27.6. The minimum atomic E-state index is -0.832. The van der Waals surface area contributed by atoms with Gasteiger partial charge in [0.25, 0.3) is 0 Å². The van der Waals surface area contributed by atoms with Crippen LogP contribution < -0.4 is 0 Å². The summed E-state index contributed by atoms with van der Waals surface area (Å²) in [6, 6.07) is 10.5. The Morgan fingerprint density at radius 3 is 0.743 bits per heavy atom. The molecule has 0 N–H and O–H groups in total. The molecule has 0 spiro atoms. The van der Waals surface area contributed by atoms with Crippen LogP contribution in [0.15, 0.2) is 30.3 Å². The Hall–Kier alpha value is 3.56. The van der Waals surface area contributed by atoms with Crippen LogP contribution in [0.3, 0.4) is 0 Å². The first kappa shape index (κ1) is 43.0. The molecule has 0 unspecified atom stereocenters. The zero-order valence-corrected chi connectivity index (χ0v) is 43.4. The van der Waals surface area contributed by atoms with Gasteiger partial charge in [-0.05, 0) is 0 Å². The average Bonchev–Trinajstić information content (AvgIpc) is 2.47. The predicted molar refractivity (Wildman–Crippen MR) is 193 cm³/mol. The molecule has 0 bridgehead atoms. The molecule has 0 heterocycles. The van der Waals surface area contributed by atoms with Crippen LogP contribution in [0.25, 0.3) is 0 Å². The van der Waals surface area contributed by atoms with E-state index in [1.807, 2.05) is 0 Å². The number of hydrogen-bond donors (Lipinski definition) is 0. The number of benzene rings is 1. The van der Waals surface area contributed by atoms with Gasteiger partial charge in [-0.15, -0.1) is 0 Å². The van der Waals surface area contributed by atoms with E-state index in [0.717, 1.165) is 0 Å². The third-order valence-corrected chi connectivity index (χ3v) is 124. The first-order chi connectivity index (χ1) is 14.7. The first-order valence-electron chi connectivity index (χ1n) is 13.1. The fourth-order valence-corrected chi connectivity index (χ4v) is 184. The van der Waals surface area contributed by atoms with Gasteiger partial charge in [-0.2, -0.15) is 0 Å². The summed E-state index contributed by atoms with van der Waals surface area (Å²) in [4.78, 5) is 0. The second-order valence-electron chi connectivity index (χ2n) is 15.9. The van der Waals surface area contributed by atoms with Crippen molar-refractivity contribution in [2.45, 2.75) is 122 Å². The van der Waals surface area contributed by atoms with Crippen LogP contribution in [-0.4, -0.2) is 141 Å². The van der Waals surface area contributed by atoms with Crippen molar-refractivity contribution < 1.29 is 0 Å². The molecule has 0 aliphatic carbocycles. The third-order valence-electron chi connectivity index (χ3n) is 5.55. The average molecular weight is 791 g/mol. The van der Waals surface area contributed by atoms with Crippen molar-refractivity contribution in [3.8, 4) is 0 Å². The van der Waals surface area contributed by atoms with Crippen molar-refractivity contribution in [3.63, 3.8) is 0 Å². The van der Waals surface area contributed by atoms with Crippen LogP contribution in [0.2, 0.25) is 118 Å². The summed E-state index contributed by atoms with van der Waals surface area (Å²) < 4.78 is 1.23. The van der Waals surface area contributed by atoms with E-state index < -0.39 is 45.5 Å². The fraction of sp³-hybridized carbons (Fsp3) is 0.760. The van der Waals surface area contributed by atoms with Crippen molar-refractivity contribution >= 4 is 141 Å². The topological polar surface area (TPSA) is 0 Å². The van der Waals surface area contributed by atoms with Crippen molar-refractivity contribution in [3.05, 3.63) is 35.9 Å². The SMILES string of the molecule is C[Si](C)(C)[Si]([Si](C)(C)C)[Si](C)(C)C.C[Si](C)(C)[Si]([Si](C)(C)C)[Si](C)(C)C.[Rb].[Sn][CH2]c1ccccc1. The Morgan fingerprint density at radius 2 is 0.657 bits per heavy atom. The Labute approximate surface area is 294 Å². The molecular weight excluding hydrogens is 729 g/mol. The van der Waals surface area contributed by atoms with E-state index in [-0.39, 0.29) is 72.9 Å². The molecule has 0 fully saturated rings. The van der Waals surface area contributed by atoms with Crippen LogP contribution in [0, 0.1) is 0 Å². The monoisotopic (exact) mass is 790 g/mol. The van der Waals surface area contributed by atoms with Crippen molar-refractivity contribution in [1.82, 2.24) is 0 Å². The van der Waals surface area contributed by atoms with E-state index in [9.17, 15) is 0 Å². The Bertz CT molecular complexity index is 580. The van der Waals surface area contributed by atoms with Gasteiger partial charge in [0, 0.05) is 118 Å². The molecule has 0 saturated carbocycles. The third kappa shape index (κ3) is 19.3. The van der Waals surface area contributed by atoms with Gasteiger partial charge in [0.05, 0.1) is 0 Å². The molecule has 198 valence electrons. The summed E-state index contributed by atoms with van der Waals surface area (Å²) in [6.45, 7) is 47.0. The second kappa shape index (κ2) is 16.9. The standard InChI is InChI=1S/2C9H27Si4.C7H7.Rb.Sn/c2*1-11(2,3)10(12(4,5)6)13(7,8)9;1-7-5-3-2-4-6-7;;/h2*1-9H3;2-6H,1H2;;. The van der Waals surface area contributed by atoms with E-state index in [0.29, 0.717) is 0 Å². The molecule has 1 aromatic rings. The predicted octanol–water partition coefficient (Wildman–Crippen LogP) is 8.44. The molecule has 35 heavy (non-hydrogen) atoms. The number of hydrogen-bond acceptors (Lipinski definition) is 0. The Morgan fingerprint density at radius 1 is 0.457 bits per heavy atom. The van der Waals surface area contributed by atoms with E-state index in [1.54, 1.807) is 22.5 Å². The molecule has 0 saturated heterocycles. The molecule has 0 atom stereocenters. The van der Waals surface area contributed by atoms with Gasteiger partial charge in [-0.1, -0.05) is 118 Å². The van der Waals surface area contributed by atoms with Gasteiger partial charge >= 0.3 is 62.9 Å². The summed E-state index contributed by atoms with van der Waals surface area (Å²) in [5.74, 6) is 0. The molecule has 0 amide bonds. The normalized spacial score (nSPS) is 13.4. The molecule has 0 nitrogen and oxygen atoms in total. The molecule has 0 aliphatic rings. The molecule has 6 radical (unpaired) electrons. The molecule has 0 aliphatic heterocycles. The van der Waals surface area contributed by atoms with E-state index >= 15 is 0 Å². The van der Waals surface area contributed by atoms with Gasteiger partial charge in [-0.3, -0.25) is 0 Å². The summed E-state index contributed by atoms with van der Waals surface area (Å²) in [5, 5.41) is 0. The Kier molecular flexibility index (Phi) is 20.7. The molecule has 1 rings (SSSR count). The van der Waals surface area contributed by atoms with Crippen molar-refractivity contribution in [2.75, 3.05) is 0 Å². The molecule has 1 aromatic carbocycles. The quantitative estimate of drug-likeness (QED) is 0.244. The van der Waals surface area contributed by atoms with Gasteiger partial charge in [0.1, 0.15) is 0 Å². The fourth-order valence-electron chi connectivity index (χ4n) is 7.35. The number of rotatable bonds is 7. The summed E-state index contributed by atoms with van der Waals surface area (Å²) in [5.41, 5.74) is 1.45. The first-order valence-corrected chi connectivity index (χ1v) is 45.1. The van der Waals surface area contributed by atoms with Gasteiger partial charge < -0.3 is 0 Å². The zero-order chi connectivity index (χ0) is 28.0. The Balaban J connectivity index is -0.000000444. The molecular formula is C25H61RbSi8Sn. The van der Waals surface area contributed by atoms with Crippen molar-refractivity contribution in [2.24, 2.45) is 0 Å². The van der Waals surface area contributed by atoms with Gasteiger partial charge in [0.15, 0.2) is 0 Å². The molecule has 0 aromatic heterocycles. The molecule has 10 heteroatoms. The van der Waals surface area contributed by atoms with Crippen LogP contribution in [-0.2, 0) is 4.44 Å². The van der Waals surface area contributed by atoms with Crippen molar-refractivity contribution in [1.29, 1.82) is 0 Å². The minimum absolute atomic E-state index is 0. The van der Waals surface area contributed by atoms with Gasteiger partial charge in [-0.25, -0.2) is 0 Å². The summed E-state index contributed by atoms with van der Waals surface area (Å²) in [6.07, 6.45) is 0. The van der Waals surface area contributed by atoms with Crippen LogP contribution in [0.4, 0.5) is 0 Å². The van der Waals surface area contributed by atoms with Crippen LogP contribution in [0.1, 0.15) is 5.56 Å². The van der Waals surface area contributed by atoms with E-state index in [1.165, 1.54) is 10.0 Å². The van der Waals surface area contributed by atoms with E-state index in [4.69, 9.17) is 0 Å². The van der Waals surface area contributed by atoms with E-state index in [2.05, 4.69) is 148 Å². The maximum atomic E-state index is 2.61. The van der Waals surface area contributed by atoms with Crippen LogP contribution in [0.5, 0.6) is 0 Å². The van der Waals surface area contributed by atoms with Crippen LogP contribution >= 0.6 is 0 Å². The summed E-state index contributed by atoms with van der Waals surface area (Å²) >= 11 is 1.59.